The molecule has 0 aliphatic carbocycles. The van der Waals surface area contributed by atoms with Gasteiger partial charge in [-0.25, -0.2) is 8.42 Å². The van der Waals surface area contributed by atoms with E-state index in [9.17, 15) is 8.42 Å². The van der Waals surface area contributed by atoms with Gasteiger partial charge in [0, 0.05) is 0 Å². The number of nitrogens with two attached hydrogens (primary N) is 1. The highest BCUT2D eigenvalue weighted by Crippen LogP contribution is 2.18. The van der Waals surface area contributed by atoms with Gasteiger partial charge < -0.3 is 14.8 Å². The lowest BCUT2D eigenvalue weighted by Gasteiger charge is -2.01. The van der Waals surface area contributed by atoms with E-state index in [1.165, 1.54) is 18.2 Å². The SMILES string of the molecule is Nc1cc(S(=O)O)ccc1S(=O)O. The van der Waals surface area contributed by atoms with Crippen LogP contribution >= 0.6 is 0 Å². The molecule has 0 amide bonds. The number of nitrogen functional groups attached to an aromatic ring is 1. The quantitative estimate of drug-likeness (QED) is 0.496. The fraction of sp³-hybridized carbons (Fsp3) is 0. The zero-order valence-electron chi connectivity index (χ0n) is 6.34. The maximum absolute atomic E-state index is 10.6. The normalized spacial score (nSPS) is 15.2. The number of hydrogen-bond donors (Lipinski definition) is 3. The topological polar surface area (TPSA) is 101 Å². The minimum absolute atomic E-state index is 0.0285. The molecule has 4 N–H and O–H groups in total. The van der Waals surface area contributed by atoms with Gasteiger partial charge in [0.1, 0.15) is 0 Å². The van der Waals surface area contributed by atoms with Crippen molar-refractivity contribution in [2.45, 2.75) is 9.79 Å². The molecule has 1 aromatic rings. The van der Waals surface area contributed by atoms with Crippen LogP contribution in [0, 0.1) is 0 Å². The largest absolute Gasteiger partial charge is 0.398 e. The second kappa shape index (κ2) is 3.97. The molecule has 1 aromatic carbocycles. The summed E-state index contributed by atoms with van der Waals surface area (Å²) in [5.74, 6) is 0. The molecule has 0 aromatic heterocycles. The van der Waals surface area contributed by atoms with Crippen molar-refractivity contribution < 1.29 is 17.5 Å². The first kappa shape index (κ1) is 10.3. The van der Waals surface area contributed by atoms with E-state index >= 15 is 0 Å². The van der Waals surface area contributed by atoms with Crippen molar-refractivity contribution in [3.63, 3.8) is 0 Å². The first-order valence-electron chi connectivity index (χ1n) is 3.13. The first-order chi connectivity index (χ1) is 6.02. The summed E-state index contributed by atoms with van der Waals surface area (Å²) in [5.41, 5.74) is 5.39. The van der Waals surface area contributed by atoms with E-state index < -0.39 is 22.2 Å². The van der Waals surface area contributed by atoms with Gasteiger partial charge in [0.15, 0.2) is 22.2 Å². The summed E-state index contributed by atoms with van der Waals surface area (Å²) >= 11 is -4.29. The van der Waals surface area contributed by atoms with Crippen molar-refractivity contribution in [1.82, 2.24) is 0 Å². The van der Waals surface area contributed by atoms with Crippen molar-refractivity contribution in [2.75, 3.05) is 5.73 Å². The molecule has 2 atom stereocenters. The zero-order valence-corrected chi connectivity index (χ0v) is 7.97. The molecule has 1 rings (SSSR count). The fourth-order valence-electron chi connectivity index (χ4n) is 0.794. The van der Waals surface area contributed by atoms with Gasteiger partial charge in [0.2, 0.25) is 0 Å². The van der Waals surface area contributed by atoms with Crippen molar-refractivity contribution >= 4 is 27.8 Å². The Morgan fingerprint density at radius 3 is 2.15 bits per heavy atom. The third-order valence-corrected chi connectivity index (χ3v) is 2.78. The van der Waals surface area contributed by atoms with Gasteiger partial charge >= 0.3 is 0 Å². The van der Waals surface area contributed by atoms with Gasteiger partial charge in [-0.05, 0) is 18.2 Å². The molecular weight excluding hydrogens is 214 g/mol. The third kappa shape index (κ3) is 2.34. The molecule has 13 heavy (non-hydrogen) atoms. The van der Waals surface area contributed by atoms with Gasteiger partial charge in [0.25, 0.3) is 0 Å². The molecule has 0 spiro atoms. The Bertz CT molecular complexity index is 379. The van der Waals surface area contributed by atoms with Crippen molar-refractivity contribution in [3.8, 4) is 0 Å². The van der Waals surface area contributed by atoms with E-state index in [0.29, 0.717) is 0 Å². The molecule has 7 heteroatoms. The minimum Gasteiger partial charge on any atom is -0.398 e. The Morgan fingerprint density at radius 2 is 1.77 bits per heavy atom. The molecule has 0 bridgehead atoms. The van der Waals surface area contributed by atoms with Crippen molar-refractivity contribution in [3.05, 3.63) is 18.2 Å². The molecule has 2 unspecified atom stereocenters. The molecule has 0 radical (unpaired) electrons. The molecule has 0 saturated heterocycles. The van der Waals surface area contributed by atoms with E-state index in [0.717, 1.165) is 0 Å². The Labute approximate surface area is 79.5 Å². The predicted octanol–water partition coefficient (Wildman–Crippen LogP) is 0.430. The predicted molar refractivity (Wildman–Crippen MR) is 48.9 cm³/mol. The fourth-order valence-corrected chi connectivity index (χ4v) is 1.65. The monoisotopic (exact) mass is 221 g/mol. The second-order valence-corrected chi connectivity index (χ2v) is 4.11. The highest BCUT2D eigenvalue weighted by Gasteiger charge is 2.08. The van der Waals surface area contributed by atoms with Crippen LogP contribution in [0.1, 0.15) is 0 Å². The van der Waals surface area contributed by atoms with Crippen molar-refractivity contribution in [2.24, 2.45) is 0 Å². The standard InChI is InChI=1S/C6H7NO4S2/c7-5-3-4(12(8)9)1-2-6(5)13(10)11/h1-3H,7H2,(H,8,9)(H,10,11). The Morgan fingerprint density at radius 1 is 1.15 bits per heavy atom. The van der Waals surface area contributed by atoms with Crippen LogP contribution in [-0.2, 0) is 22.2 Å². The first-order valence-corrected chi connectivity index (χ1v) is 5.35. The van der Waals surface area contributed by atoms with Gasteiger partial charge in [-0.15, -0.1) is 0 Å². The Balaban J connectivity index is 3.20. The van der Waals surface area contributed by atoms with Crippen LogP contribution in [-0.4, -0.2) is 17.5 Å². The average molecular weight is 221 g/mol. The lowest BCUT2D eigenvalue weighted by molar-refractivity contribution is 0.561. The second-order valence-electron chi connectivity index (χ2n) is 2.20. The van der Waals surface area contributed by atoms with Gasteiger partial charge in [-0.1, -0.05) is 0 Å². The number of benzene rings is 1. The summed E-state index contributed by atoms with van der Waals surface area (Å²) < 4.78 is 38.5. The maximum atomic E-state index is 10.6. The lowest BCUT2D eigenvalue weighted by atomic mass is 10.3. The summed E-state index contributed by atoms with van der Waals surface area (Å²) in [4.78, 5) is 0.140. The van der Waals surface area contributed by atoms with Crippen LogP contribution in [0.2, 0.25) is 0 Å². The Hall–Kier alpha value is -0.760. The summed E-state index contributed by atoms with van der Waals surface area (Å²) in [6, 6.07) is 3.71. The van der Waals surface area contributed by atoms with Crippen LogP contribution in [0.25, 0.3) is 0 Å². The summed E-state index contributed by atoms with van der Waals surface area (Å²) in [6.45, 7) is 0. The highest BCUT2D eigenvalue weighted by molar-refractivity contribution is 7.79. The smallest absolute Gasteiger partial charge is 0.188 e. The highest BCUT2D eigenvalue weighted by atomic mass is 32.2. The third-order valence-electron chi connectivity index (χ3n) is 1.37. The summed E-state index contributed by atoms with van der Waals surface area (Å²) in [6.07, 6.45) is 0. The lowest BCUT2D eigenvalue weighted by Crippen LogP contribution is -1.98. The molecule has 0 saturated carbocycles. The molecule has 0 fully saturated rings. The molecule has 0 heterocycles. The van der Waals surface area contributed by atoms with Gasteiger partial charge in [-0.3, -0.25) is 0 Å². The Kier molecular flexibility index (Phi) is 3.15. The zero-order chi connectivity index (χ0) is 10.0. The van der Waals surface area contributed by atoms with Crippen LogP contribution in [0.4, 0.5) is 5.69 Å². The maximum Gasteiger partial charge on any atom is 0.188 e. The van der Waals surface area contributed by atoms with Crippen molar-refractivity contribution in [1.29, 1.82) is 0 Å². The molecule has 5 nitrogen and oxygen atoms in total. The molecule has 0 aliphatic rings. The van der Waals surface area contributed by atoms with E-state index in [1.54, 1.807) is 0 Å². The van der Waals surface area contributed by atoms with Crippen LogP contribution in [0.15, 0.2) is 28.0 Å². The van der Waals surface area contributed by atoms with E-state index in [4.69, 9.17) is 14.8 Å². The van der Waals surface area contributed by atoms with E-state index in [-0.39, 0.29) is 15.5 Å². The number of anilines is 1. The van der Waals surface area contributed by atoms with E-state index in [2.05, 4.69) is 0 Å². The summed E-state index contributed by atoms with van der Waals surface area (Å²) in [5, 5.41) is 0. The van der Waals surface area contributed by atoms with Gasteiger partial charge in [-0.2, -0.15) is 0 Å². The summed E-state index contributed by atoms with van der Waals surface area (Å²) in [7, 11) is 0. The average Bonchev–Trinajstić information content (AvgIpc) is 2.03. The number of hydrogen-bond acceptors (Lipinski definition) is 3. The molecule has 72 valence electrons. The van der Waals surface area contributed by atoms with E-state index in [1.807, 2.05) is 0 Å². The van der Waals surface area contributed by atoms with Gasteiger partial charge in [0.05, 0.1) is 15.5 Å². The van der Waals surface area contributed by atoms with Crippen LogP contribution < -0.4 is 5.73 Å². The van der Waals surface area contributed by atoms with Crippen LogP contribution in [0.5, 0.6) is 0 Å². The number of rotatable bonds is 2. The molecular formula is C6H7NO4S2. The molecule has 0 aliphatic heterocycles. The van der Waals surface area contributed by atoms with Crippen LogP contribution in [0.3, 0.4) is 0 Å². The minimum atomic E-state index is -2.17.